The van der Waals surface area contributed by atoms with Crippen LogP contribution in [0.25, 0.3) is 32.1 Å². The lowest BCUT2D eigenvalue weighted by molar-refractivity contribution is -0.389. The molecule has 0 fully saturated rings. The van der Waals surface area contributed by atoms with Crippen LogP contribution >= 0.6 is 27.3 Å². The number of rotatable bonds is 5. The summed E-state index contributed by atoms with van der Waals surface area (Å²) in [5.74, 6) is -0.136. The van der Waals surface area contributed by atoms with Gasteiger partial charge in [-0.15, -0.1) is 11.3 Å². The minimum absolute atomic E-state index is 0.0219. The van der Waals surface area contributed by atoms with Gasteiger partial charge in [-0.1, -0.05) is 18.2 Å². The third kappa shape index (κ3) is 12.5. The second kappa shape index (κ2) is 20.6. The summed E-state index contributed by atoms with van der Waals surface area (Å²) in [6.07, 6.45) is 5.64. The zero-order valence-electron chi connectivity index (χ0n) is 28.9. The van der Waals surface area contributed by atoms with Crippen LogP contribution in [0.2, 0.25) is 0 Å². The molecule has 0 spiro atoms. The van der Waals surface area contributed by atoms with E-state index in [0.29, 0.717) is 16.5 Å². The van der Waals surface area contributed by atoms with Crippen LogP contribution in [0.3, 0.4) is 0 Å². The Morgan fingerprint density at radius 3 is 1.90 bits per heavy atom. The topological polar surface area (TPSA) is 297 Å². The van der Waals surface area contributed by atoms with Gasteiger partial charge < -0.3 is 14.5 Å². The molecule has 0 amide bonds. The molecule has 0 radical (unpaired) electrons. The third-order valence-electron chi connectivity index (χ3n) is 6.90. The van der Waals surface area contributed by atoms with Gasteiger partial charge in [0.2, 0.25) is 0 Å². The van der Waals surface area contributed by atoms with Crippen molar-refractivity contribution in [3.05, 3.63) is 199 Å². The molecule has 0 aliphatic rings. The Hall–Kier alpha value is -8.05. The molecule has 292 valence electrons. The van der Waals surface area contributed by atoms with E-state index in [4.69, 9.17) is 4.42 Å². The molecular formula is C35H22BrN9O12S. The SMILES string of the molecule is O=[N+]([O-])c1ccc(Br)cn1.O=[N+]([O-])c1ccc2ncsc2c1.O=[N+]([O-])c1cccc2cccnc12.O=[N+]([O-])c1cccnc1.O=c1ccc2cc([N+](=O)[O-])ccc2o1. The summed E-state index contributed by atoms with van der Waals surface area (Å²) < 4.78 is 6.40. The fourth-order valence-electron chi connectivity index (χ4n) is 4.30. The van der Waals surface area contributed by atoms with E-state index in [0.717, 1.165) is 20.1 Å². The van der Waals surface area contributed by atoms with Crippen molar-refractivity contribution in [2.45, 2.75) is 0 Å². The molecule has 0 aliphatic heterocycles. The minimum Gasteiger partial charge on any atom is -0.423 e. The monoisotopic (exact) mass is 871 g/mol. The average molecular weight is 873 g/mol. The molecule has 5 aromatic heterocycles. The lowest BCUT2D eigenvalue weighted by Crippen LogP contribution is -1.94. The van der Waals surface area contributed by atoms with Crippen LogP contribution < -0.4 is 5.63 Å². The van der Waals surface area contributed by atoms with Gasteiger partial charge in [0.1, 0.15) is 17.3 Å². The number of pyridine rings is 3. The molecule has 0 bridgehead atoms. The van der Waals surface area contributed by atoms with E-state index in [1.165, 1.54) is 96.7 Å². The fraction of sp³-hybridized carbons (Fsp3) is 0. The number of benzene rings is 3. The Bertz CT molecular complexity index is 2790. The normalized spacial score (nSPS) is 9.88. The Morgan fingerprint density at radius 2 is 1.28 bits per heavy atom. The third-order valence-corrected chi connectivity index (χ3v) is 8.16. The summed E-state index contributed by atoms with van der Waals surface area (Å²) in [6, 6.07) is 25.7. The molecule has 58 heavy (non-hydrogen) atoms. The minimum atomic E-state index is -0.535. The molecule has 0 saturated heterocycles. The van der Waals surface area contributed by atoms with E-state index in [1.54, 1.807) is 48.1 Å². The number of hydrogen-bond donors (Lipinski definition) is 0. The molecule has 21 nitrogen and oxygen atoms in total. The van der Waals surface area contributed by atoms with E-state index in [1.807, 2.05) is 0 Å². The van der Waals surface area contributed by atoms with E-state index in [2.05, 4.69) is 35.9 Å². The Morgan fingerprint density at radius 1 is 0.586 bits per heavy atom. The maximum absolute atomic E-state index is 10.8. The Kier molecular flexibility index (Phi) is 15.1. The first kappa shape index (κ1) is 42.7. The fourth-order valence-corrected chi connectivity index (χ4v) is 5.25. The van der Waals surface area contributed by atoms with Gasteiger partial charge in [0.15, 0.2) is 6.20 Å². The van der Waals surface area contributed by atoms with Crippen LogP contribution in [0, 0.1) is 50.6 Å². The maximum Gasteiger partial charge on any atom is 0.363 e. The number of halogens is 1. The summed E-state index contributed by atoms with van der Waals surface area (Å²) in [4.78, 5) is 74.9. The lowest BCUT2D eigenvalue weighted by atomic mass is 10.2. The second-order valence-corrected chi connectivity index (χ2v) is 12.5. The van der Waals surface area contributed by atoms with Crippen molar-refractivity contribution in [2.24, 2.45) is 0 Å². The number of nitro groups is 5. The van der Waals surface area contributed by atoms with Crippen molar-refractivity contribution in [3.63, 3.8) is 0 Å². The first-order valence-electron chi connectivity index (χ1n) is 15.7. The van der Waals surface area contributed by atoms with Crippen molar-refractivity contribution in [1.82, 2.24) is 19.9 Å². The van der Waals surface area contributed by atoms with Gasteiger partial charge in [-0.05, 0) is 62.2 Å². The summed E-state index contributed by atoms with van der Waals surface area (Å²) >= 11 is 4.51. The number of para-hydroxylation sites is 1. The lowest BCUT2D eigenvalue weighted by Gasteiger charge is -1.96. The van der Waals surface area contributed by atoms with Crippen molar-refractivity contribution in [2.75, 3.05) is 0 Å². The van der Waals surface area contributed by atoms with Gasteiger partial charge >= 0.3 is 11.4 Å². The smallest absolute Gasteiger partial charge is 0.363 e. The van der Waals surface area contributed by atoms with Crippen LogP contribution in [0.1, 0.15) is 0 Å². The van der Waals surface area contributed by atoms with Gasteiger partial charge in [-0.3, -0.25) is 45.4 Å². The molecule has 0 aliphatic carbocycles. The zero-order chi connectivity index (χ0) is 42.2. The highest BCUT2D eigenvalue weighted by atomic mass is 79.9. The predicted molar refractivity (Wildman–Crippen MR) is 213 cm³/mol. The molecule has 23 heteroatoms. The molecule has 8 rings (SSSR count). The summed E-state index contributed by atoms with van der Waals surface area (Å²) in [6.45, 7) is 0. The first-order chi connectivity index (χ1) is 27.7. The molecule has 5 heterocycles. The summed E-state index contributed by atoms with van der Waals surface area (Å²) in [5.41, 5.74) is 2.98. The van der Waals surface area contributed by atoms with Crippen LogP contribution in [-0.2, 0) is 0 Å². The number of nitro benzene ring substituents is 3. The van der Waals surface area contributed by atoms with Gasteiger partial charge in [-0.2, -0.15) is 0 Å². The predicted octanol–water partition coefficient (Wildman–Crippen LogP) is 8.79. The standard InChI is InChI=1S/C9H6N2O2.C9H5NO4.C7H4N2O2S.C5H3BrN2O2.C5H4N2O2/c12-11(13)8-5-1-3-7-4-2-6-10-9(7)8;11-9-4-1-6-5-7(10(12)13)2-3-8(6)14-9;10-9(11)5-1-2-6-7(3-5)12-4-8-6;6-4-1-2-5(7-3-4)8(9)10;8-7(9)5-2-1-3-6-4-5/h1-6H;1-5H;1-4H;1-3H;1-4H. The number of fused-ring (bicyclic) bond motifs is 3. The number of hydrogen-bond acceptors (Lipinski definition) is 17. The Labute approximate surface area is 334 Å². The molecule has 8 aromatic rings. The van der Waals surface area contributed by atoms with Gasteiger partial charge in [0.05, 0.1) is 39.9 Å². The molecule has 0 atom stereocenters. The van der Waals surface area contributed by atoms with Gasteiger partial charge in [0.25, 0.3) is 22.7 Å². The molecule has 0 unspecified atom stereocenters. The largest absolute Gasteiger partial charge is 0.423 e. The van der Waals surface area contributed by atoms with Gasteiger partial charge in [-0.25, -0.2) is 14.8 Å². The average Bonchev–Trinajstić information content (AvgIpc) is 3.70. The van der Waals surface area contributed by atoms with E-state index >= 15 is 0 Å². The number of aromatic nitrogens is 4. The van der Waals surface area contributed by atoms with E-state index in [-0.39, 0.29) is 28.6 Å². The highest BCUT2D eigenvalue weighted by Gasteiger charge is 2.11. The zero-order valence-corrected chi connectivity index (χ0v) is 31.3. The van der Waals surface area contributed by atoms with Crippen LogP contribution in [-0.4, -0.2) is 44.6 Å². The van der Waals surface area contributed by atoms with Crippen molar-refractivity contribution < 1.29 is 29.0 Å². The number of thiazole rings is 1. The van der Waals surface area contributed by atoms with Crippen molar-refractivity contribution >= 4 is 87.9 Å². The maximum atomic E-state index is 10.8. The first-order valence-corrected chi connectivity index (χ1v) is 17.3. The highest BCUT2D eigenvalue weighted by molar-refractivity contribution is 9.10. The summed E-state index contributed by atoms with van der Waals surface area (Å²) in [5, 5.41) is 52.7. The molecule has 0 saturated carbocycles. The van der Waals surface area contributed by atoms with Crippen LogP contribution in [0.15, 0.2) is 147 Å². The molecule has 0 N–H and O–H groups in total. The Balaban J connectivity index is 0.000000162. The van der Waals surface area contributed by atoms with Crippen LogP contribution in [0.4, 0.5) is 28.6 Å². The molecular weight excluding hydrogens is 850 g/mol. The highest BCUT2D eigenvalue weighted by Crippen LogP contribution is 2.24. The molecule has 3 aromatic carbocycles. The van der Waals surface area contributed by atoms with E-state index in [9.17, 15) is 55.4 Å². The number of nitrogens with zero attached hydrogens (tertiary/aromatic N) is 9. The van der Waals surface area contributed by atoms with Crippen LogP contribution in [0.5, 0.6) is 0 Å². The summed E-state index contributed by atoms with van der Waals surface area (Å²) in [7, 11) is 0. The van der Waals surface area contributed by atoms with Gasteiger partial charge in [0, 0.05) is 71.7 Å². The van der Waals surface area contributed by atoms with E-state index < -0.39 is 30.2 Å². The quantitative estimate of drug-likeness (QED) is 0.0886. The number of non-ortho nitro benzene ring substituents is 3. The second-order valence-electron chi connectivity index (χ2n) is 10.7. The van der Waals surface area contributed by atoms with Crippen molar-refractivity contribution in [1.29, 1.82) is 0 Å². The van der Waals surface area contributed by atoms with Crippen molar-refractivity contribution in [3.8, 4) is 0 Å².